The predicted molar refractivity (Wildman–Crippen MR) is 68.3 cm³/mol. The molecule has 1 aromatic carbocycles. The van der Waals surface area contributed by atoms with E-state index in [1.807, 2.05) is 37.3 Å². The first-order chi connectivity index (χ1) is 8.26. The first-order valence-corrected chi connectivity index (χ1v) is 5.91. The highest BCUT2D eigenvalue weighted by molar-refractivity contribution is 5.97. The van der Waals surface area contributed by atoms with Gasteiger partial charge in [0.25, 0.3) is 0 Å². The molecule has 0 radical (unpaired) electrons. The van der Waals surface area contributed by atoms with Crippen molar-refractivity contribution in [2.75, 3.05) is 18.1 Å². The third-order valence-corrected chi connectivity index (χ3v) is 2.94. The zero-order chi connectivity index (χ0) is 12.3. The van der Waals surface area contributed by atoms with Crippen LogP contribution in [0.5, 0.6) is 5.75 Å². The number of carbonyl (C=O) groups is 1. The Morgan fingerprint density at radius 1 is 1.53 bits per heavy atom. The van der Waals surface area contributed by atoms with E-state index in [0.29, 0.717) is 19.6 Å². The van der Waals surface area contributed by atoms with Gasteiger partial charge >= 0.3 is 0 Å². The third kappa shape index (κ3) is 2.33. The van der Waals surface area contributed by atoms with Crippen LogP contribution in [0.1, 0.15) is 13.3 Å². The van der Waals surface area contributed by atoms with Gasteiger partial charge in [-0.05, 0) is 19.1 Å². The highest BCUT2D eigenvalue weighted by atomic mass is 16.5. The average molecular weight is 231 g/mol. The average Bonchev–Trinajstić information content (AvgIpc) is 2.72. The first-order valence-electron chi connectivity index (χ1n) is 5.91. The van der Waals surface area contributed by atoms with Crippen molar-refractivity contribution in [1.82, 2.24) is 0 Å². The van der Waals surface area contributed by atoms with Crippen LogP contribution in [0.4, 0.5) is 5.69 Å². The van der Waals surface area contributed by atoms with Crippen molar-refractivity contribution in [3.63, 3.8) is 0 Å². The van der Waals surface area contributed by atoms with E-state index in [2.05, 4.69) is 6.58 Å². The Kier molecular flexibility index (Phi) is 3.47. The Morgan fingerprint density at radius 3 is 2.94 bits per heavy atom. The number of benzene rings is 1. The number of para-hydroxylation sites is 2. The van der Waals surface area contributed by atoms with Gasteiger partial charge in [-0.2, -0.15) is 0 Å². The van der Waals surface area contributed by atoms with Gasteiger partial charge in [0.1, 0.15) is 5.75 Å². The standard InChI is InChI=1S/C14H17NO2/c1-3-11-9-14(16)15(10-11)12-7-5-6-8-13(12)17-4-2/h3,5-8,11H,1,4,9-10H2,2H3. The molecule has 0 N–H and O–H groups in total. The van der Waals surface area contributed by atoms with E-state index in [1.54, 1.807) is 4.90 Å². The minimum Gasteiger partial charge on any atom is -0.492 e. The van der Waals surface area contributed by atoms with E-state index < -0.39 is 0 Å². The molecule has 1 aliphatic rings. The molecule has 1 aliphatic heterocycles. The smallest absolute Gasteiger partial charge is 0.227 e. The van der Waals surface area contributed by atoms with Crippen LogP contribution in [0, 0.1) is 5.92 Å². The van der Waals surface area contributed by atoms with Crippen molar-refractivity contribution in [2.45, 2.75) is 13.3 Å². The number of ether oxygens (including phenoxy) is 1. The minimum atomic E-state index is 0.141. The second kappa shape index (κ2) is 5.04. The maximum atomic E-state index is 11.9. The molecule has 90 valence electrons. The molecule has 0 spiro atoms. The molecular formula is C14H17NO2. The SMILES string of the molecule is C=CC1CC(=O)N(c2ccccc2OCC)C1. The lowest BCUT2D eigenvalue weighted by molar-refractivity contribution is -0.117. The zero-order valence-corrected chi connectivity index (χ0v) is 10.1. The molecule has 0 bridgehead atoms. The van der Waals surface area contributed by atoms with Crippen LogP contribution >= 0.6 is 0 Å². The highest BCUT2D eigenvalue weighted by Gasteiger charge is 2.30. The summed E-state index contributed by atoms with van der Waals surface area (Å²) in [4.78, 5) is 13.7. The highest BCUT2D eigenvalue weighted by Crippen LogP contribution is 2.33. The second-order valence-corrected chi connectivity index (χ2v) is 4.10. The molecule has 3 heteroatoms. The van der Waals surface area contributed by atoms with Gasteiger partial charge in [-0.3, -0.25) is 4.79 Å². The fourth-order valence-corrected chi connectivity index (χ4v) is 2.08. The Hall–Kier alpha value is -1.77. The van der Waals surface area contributed by atoms with Gasteiger partial charge in [0, 0.05) is 18.9 Å². The van der Waals surface area contributed by atoms with Crippen LogP contribution < -0.4 is 9.64 Å². The van der Waals surface area contributed by atoms with Gasteiger partial charge in [-0.15, -0.1) is 6.58 Å². The summed E-state index contributed by atoms with van der Waals surface area (Å²) in [6, 6.07) is 7.66. The van der Waals surface area contributed by atoms with Crippen molar-refractivity contribution in [2.24, 2.45) is 5.92 Å². The summed E-state index contributed by atoms with van der Waals surface area (Å²) >= 11 is 0. The Bertz CT molecular complexity index is 428. The molecule has 17 heavy (non-hydrogen) atoms. The molecule has 1 heterocycles. The van der Waals surface area contributed by atoms with Crippen molar-refractivity contribution in [1.29, 1.82) is 0 Å². The lowest BCUT2D eigenvalue weighted by Crippen LogP contribution is -2.24. The number of carbonyl (C=O) groups excluding carboxylic acids is 1. The maximum Gasteiger partial charge on any atom is 0.227 e. The van der Waals surface area contributed by atoms with Crippen molar-refractivity contribution < 1.29 is 9.53 Å². The van der Waals surface area contributed by atoms with Gasteiger partial charge in [-0.1, -0.05) is 18.2 Å². The number of hydrogen-bond acceptors (Lipinski definition) is 2. The normalized spacial score (nSPS) is 19.5. The van der Waals surface area contributed by atoms with Crippen LogP contribution in [0.2, 0.25) is 0 Å². The quantitative estimate of drug-likeness (QED) is 0.745. The fraction of sp³-hybridized carbons (Fsp3) is 0.357. The monoisotopic (exact) mass is 231 g/mol. The summed E-state index contributed by atoms with van der Waals surface area (Å²) in [5, 5.41) is 0. The number of nitrogens with zero attached hydrogens (tertiary/aromatic N) is 1. The Morgan fingerprint density at radius 2 is 2.29 bits per heavy atom. The molecule has 2 rings (SSSR count). The molecule has 1 amide bonds. The summed E-state index contributed by atoms with van der Waals surface area (Å²) in [5.74, 6) is 1.16. The fourth-order valence-electron chi connectivity index (χ4n) is 2.08. The van der Waals surface area contributed by atoms with E-state index in [-0.39, 0.29) is 11.8 Å². The van der Waals surface area contributed by atoms with Crippen LogP contribution in [0.3, 0.4) is 0 Å². The largest absolute Gasteiger partial charge is 0.492 e. The number of rotatable bonds is 4. The molecule has 1 fully saturated rings. The summed E-state index contributed by atoms with van der Waals surface area (Å²) in [6.45, 7) is 7.00. The van der Waals surface area contributed by atoms with E-state index in [1.165, 1.54) is 0 Å². The Labute approximate surface area is 102 Å². The molecule has 1 atom stereocenters. The number of anilines is 1. The molecule has 1 aromatic rings. The molecule has 0 aromatic heterocycles. The van der Waals surface area contributed by atoms with E-state index in [4.69, 9.17) is 4.74 Å². The van der Waals surface area contributed by atoms with E-state index in [0.717, 1.165) is 11.4 Å². The van der Waals surface area contributed by atoms with Gasteiger partial charge in [-0.25, -0.2) is 0 Å². The summed E-state index contributed by atoms with van der Waals surface area (Å²) in [5.41, 5.74) is 0.865. The van der Waals surface area contributed by atoms with Crippen molar-refractivity contribution in [3.05, 3.63) is 36.9 Å². The molecule has 1 saturated heterocycles. The molecule has 3 nitrogen and oxygen atoms in total. The summed E-state index contributed by atoms with van der Waals surface area (Å²) in [6.07, 6.45) is 2.39. The second-order valence-electron chi connectivity index (χ2n) is 4.10. The molecule has 1 unspecified atom stereocenters. The van der Waals surface area contributed by atoms with Gasteiger partial charge in [0.2, 0.25) is 5.91 Å². The van der Waals surface area contributed by atoms with Crippen LogP contribution in [-0.2, 0) is 4.79 Å². The van der Waals surface area contributed by atoms with Crippen LogP contribution in [0.25, 0.3) is 0 Å². The topological polar surface area (TPSA) is 29.5 Å². The molecular weight excluding hydrogens is 214 g/mol. The molecule has 0 aliphatic carbocycles. The zero-order valence-electron chi connectivity index (χ0n) is 10.1. The Balaban J connectivity index is 2.27. The van der Waals surface area contributed by atoms with Gasteiger partial charge in [0.15, 0.2) is 0 Å². The van der Waals surface area contributed by atoms with Crippen molar-refractivity contribution in [3.8, 4) is 5.75 Å². The van der Waals surface area contributed by atoms with Gasteiger partial charge < -0.3 is 9.64 Å². The van der Waals surface area contributed by atoms with Gasteiger partial charge in [0.05, 0.1) is 12.3 Å². The number of hydrogen-bond donors (Lipinski definition) is 0. The van der Waals surface area contributed by atoms with E-state index in [9.17, 15) is 4.79 Å². The summed E-state index contributed by atoms with van der Waals surface area (Å²) in [7, 11) is 0. The minimum absolute atomic E-state index is 0.141. The third-order valence-electron chi connectivity index (χ3n) is 2.94. The predicted octanol–water partition coefficient (Wildman–Crippen LogP) is 2.62. The number of amides is 1. The summed E-state index contributed by atoms with van der Waals surface area (Å²) < 4.78 is 5.55. The first kappa shape index (κ1) is 11.7. The van der Waals surface area contributed by atoms with E-state index >= 15 is 0 Å². The van der Waals surface area contributed by atoms with Crippen LogP contribution in [-0.4, -0.2) is 19.1 Å². The van der Waals surface area contributed by atoms with Crippen LogP contribution in [0.15, 0.2) is 36.9 Å². The maximum absolute atomic E-state index is 11.9. The lowest BCUT2D eigenvalue weighted by atomic mass is 10.1. The van der Waals surface area contributed by atoms with Crippen molar-refractivity contribution >= 4 is 11.6 Å². The lowest BCUT2D eigenvalue weighted by Gasteiger charge is -2.19. The molecule has 0 saturated carbocycles.